The molecule has 5 nitrogen and oxygen atoms in total. The molecule has 5 rings (SSSR count). The van der Waals surface area contributed by atoms with Crippen molar-refractivity contribution in [2.24, 2.45) is 4.99 Å². The molecule has 142 valence electrons. The maximum absolute atomic E-state index is 13.4. The number of aliphatic imine (C=N–C) groups is 1. The van der Waals surface area contributed by atoms with Crippen LogP contribution in [0.25, 0.3) is 0 Å². The number of halogens is 3. The first-order chi connectivity index (χ1) is 13.5. The van der Waals surface area contributed by atoms with Gasteiger partial charge in [-0.3, -0.25) is 0 Å². The fourth-order valence-corrected chi connectivity index (χ4v) is 5.07. The van der Waals surface area contributed by atoms with Gasteiger partial charge in [0.05, 0.1) is 0 Å². The molecule has 3 aromatic carbocycles. The van der Waals surface area contributed by atoms with Gasteiger partial charge in [0.1, 0.15) is 0 Å². The van der Waals surface area contributed by atoms with Crippen LogP contribution < -0.4 is 31.4 Å². The van der Waals surface area contributed by atoms with Crippen molar-refractivity contribution in [2.45, 2.75) is 0 Å². The molecular weight excluding hydrogens is 481 g/mol. The fraction of sp³-hybridized carbons (Fsp3) is 0. The molecule has 0 aromatic heterocycles. The third-order valence-electron chi connectivity index (χ3n) is 4.33. The van der Waals surface area contributed by atoms with Gasteiger partial charge < -0.3 is 0 Å². The van der Waals surface area contributed by atoms with Crippen molar-refractivity contribution < 1.29 is 37.1 Å². The van der Waals surface area contributed by atoms with Crippen molar-refractivity contribution in [1.82, 2.24) is 0 Å². The van der Waals surface area contributed by atoms with Crippen LogP contribution in [0.2, 0.25) is 0 Å². The Morgan fingerprint density at radius 1 is 0.857 bits per heavy atom. The minimum atomic E-state index is -5.59. The summed E-state index contributed by atoms with van der Waals surface area (Å²) < 4.78 is 36.0. The van der Waals surface area contributed by atoms with Crippen LogP contribution >= 0.6 is 0 Å². The van der Waals surface area contributed by atoms with Crippen LogP contribution in [0.15, 0.2) is 77.8 Å². The second kappa shape index (κ2) is 6.26. The van der Waals surface area contributed by atoms with E-state index < -0.39 is 20.4 Å². The second-order valence-electron chi connectivity index (χ2n) is 6.09. The zero-order valence-electron chi connectivity index (χ0n) is 14.2. The quantitative estimate of drug-likeness (QED) is 0.514. The van der Waals surface area contributed by atoms with E-state index in [1.807, 2.05) is 54.6 Å². The van der Waals surface area contributed by atoms with E-state index in [1.54, 1.807) is 4.90 Å². The number of carbonyl (C=O) groups is 1. The van der Waals surface area contributed by atoms with Gasteiger partial charge in [-0.1, -0.05) is 0 Å². The normalized spacial score (nSPS) is 19.0. The maximum atomic E-state index is 13.4. The zero-order valence-corrected chi connectivity index (χ0v) is 16.3. The Hall–Kier alpha value is -3.01. The molecule has 0 spiro atoms. The van der Waals surface area contributed by atoms with Crippen molar-refractivity contribution >= 4 is 28.7 Å². The third kappa shape index (κ3) is 2.80. The molecule has 0 N–H and O–H groups in total. The second-order valence-corrected chi connectivity index (χ2v) is 8.97. The number of fused-ring (bicyclic) bond motifs is 2. The Labute approximate surface area is 165 Å². The van der Waals surface area contributed by atoms with E-state index in [2.05, 4.69) is 11.1 Å². The van der Waals surface area contributed by atoms with E-state index in [0.717, 1.165) is 11.4 Å². The number of amides is 1. The zero-order chi connectivity index (χ0) is 19.3. The third-order valence-corrected chi connectivity index (χ3v) is 6.31. The average molecular weight is 493 g/mol. The summed E-state index contributed by atoms with van der Waals surface area (Å²) in [6.45, 7) is 0. The molecule has 0 unspecified atom stereocenters. The van der Waals surface area contributed by atoms with E-state index in [-0.39, 0.29) is 23.1 Å². The van der Waals surface area contributed by atoms with Crippen LogP contribution in [0.3, 0.4) is 0 Å². The van der Waals surface area contributed by atoms with E-state index in [9.17, 15) is 10.5 Å². The van der Waals surface area contributed by atoms with Gasteiger partial charge in [0, 0.05) is 0 Å². The topological polar surface area (TPSA) is 51.1 Å². The number of rotatable bonds is 2. The number of hydrogen-bond acceptors (Lipinski definition) is 4. The van der Waals surface area contributed by atoms with Gasteiger partial charge in [0.2, 0.25) is 0 Å². The summed E-state index contributed by atoms with van der Waals surface area (Å²) in [6, 6.07) is 20.9. The van der Waals surface area contributed by atoms with Crippen molar-refractivity contribution in [3.8, 4) is 11.5 Å². The number of anilines is 2. The molecule has 0 saturated carbocycles. The minimum absolute atomic E-state index is 0.00871. The van der Waals surface area contributed by atoms with Crippen LogP contribution in [0, 0.1) is 0 Å². The summed E-state index contributed by atoms with van der Waals surface area (Å²) in [5, 5.41) is 0. The molecule has 8 heteroatoms. The van der Waals surface area contributed by atoms with Gasteiger partial charge in [-0.2, -0.15) is 0 Å². The SMILES string of the molecule is O=C1C(=Nc2ccc3c(c2)O[I-](F)(F)O3)c2ccccc2N1c1ccccc1. The Balaban J connectivity index is 1.59. The van der Waals surface area contributed by atoms with Crippen LogP contribution in [0.1, 0.15) is 5.56 Å². The predicted octanol–water partition coefficient (Wildman–Crippen LogP) is 2.02. The fourth-order valence-electron chi connectivity index (χ4n) is 3.17. The first kappa shape index (κ1) is 17.1. The number of hydrogen-bond donors (Lipinski definition) is 0. The molecule has 3 aromatic rings. The molecule has 2 aliphatic heterocycles. The number of nitrogens with zero attached hydrogens (tertiary/aromatic N) is 2. The van der Waals surface area contributed by atoms with Gasteiger partial charge >= 0.3 is 165 Å². The van der Waals surface area contributed by atoms with Crippen molar-refractivity contribution in [3.63, 3.8) is 0 Å². The summed E-state index contributed by atoms with van der Waals surface area (Å²) >= 11 is -5.59. The molecule has 0 aliphatic carbocycles. The van der Waals surface area contributed by atoms with Crippen molar-refractivity contribution in [1.29, 1.82) is 0 Å². The summed E-state index contributed by atoms with van der Waals surface area (Å²) in [5.41, 5.74) is 2.71. The van der Waals surface area contributed by atoms with Crippen LogP contribution in [0.4, 0.5) is 22.8 Å². The van der Waals surface area contributed by atoms with E-state index >= 15 is 0 Å². The van der Waals surface area contributed by atoms with Gasteiger partial charge in [-0.25, -0.2) is 0 Å². The first-order valence-electron chi connectivity index (χ1n) is 8.30. The number of carbonyl (C=O) groups excluding carboxylic acids is 1. The van der Waals surface area contributed by atoms with Crippen molar-refractivity contribution in [2.75, 3.05) is 4.90 Å². The molecule has 1 amide bonds. The Morgan fingerprint density at radius 3 is 2.39 bits per heavy atom. The van der Waals surface area contributed by atoms with Crippen LogP contribution in [-0.4, -0.2) is 11.6 Å². The number of para-hydroxylation sites is 2. The van der Waals surface area contributed by atoms with Gasteiger partial charge in [0.25, 0.3) is 0 Å². The summed E-state index contributed by atoms with van der Waals surface area (Å²) in [6.07, 6.45) is 0. The first-order valence-corrected chi connectivity index (χ1v) is 11.7. The molecule has 2 heterocycles. The molecule has 0 fully saturated rings. The van der Waals surface area contributed by atoms with E-state index in [0.29, 0.717) is 11.3 Å². The molecular formula is C20H12F2IN2O3-. The van der Waals surface area contributed by atoms with Crippen LogP contribution in [-0.2, 0) is 4.79 Å². The van der Waals surface area contributed by atoms with Gasteiger partial charge in [-0.15, -0.1) is 0 Å². The summed E-state index contributed by atoms with van der Waals surface area (Å²) in [5.74, 6) is -0.316. The Bertz CT molecular complexity index is 1140. The molecule has 0 atom stereocenters. The molecule has 0 saturated heterocycles. The molecule has 28 heavy (non-hydrogen) atoms. The molecule has 0 radical (unpaired) electrons. The summed E-state index contributed by atoms with van der Waals surface area (Å²) in [4.78, 5) is 19.2. The Morgan fingerprint density at radius 2 is 1.57 bits per heavy atom. The standard InChI is InChI=1S/C20H12F2IN2O3/c21-23(22)27-17-11-10-13(12-18(17)28-23)24-19-15-8-4-5-9-16(15)25(20(19)26)14-6-2-1-3-7-14/h1-12H/q-1. The van der Waals surface area contributed by atoms with E-state index in [1.165, 1.54) is 18.2 Å². The van der Waals surface area contributed by atoms with Gasteiger partial charge in [-0.05, 0) is 0 Å². The molecule has 0 bridgehead atoms. The van der Waals surface area contributed by atoms with Crippen molar-refractivity contribution in [3.05, 3.63) is 78.4 Å². The van der Waals surface area contributed by atoms with Gasteiger partial charge in [0.15, 0.2) is 0 Å². The van der Waals surface area contributed by atoms with Crippen LogP contribution in [0.5, 0.6) is 11.5 Å². The Kier molecular flexibility index (Phi) is 3.83. The number of benzene rings is 3. The summed E-state index contributed by atoms with van der Waals surface area (Å²) in [7, 11) is 0. The van der Waals surface area contributed by atoms with E-state index in [4.69, 9.17) is 0 Å². The average Bonchev–Trinajstić information content (AvgIpc) is 3.14. The molecule has 2 aliphatic rings. The predicted molar refractivity (Wildman–Crippen MR) is 96.1 cm³/mol. The monoisotopic (exact) mass is 493 g/mol.